The van der Waals surface area contributed by atoms with Gasteiger partial charge in [0, 0.05) is 11.9 Å². The number of halogens is 2. The molecule has 1 aromatic heterocycles. The number of hydrogen-bond donors (Lipinski definition) is 1. The molecule has 2 rings (SSSR count). The van der Waals surface area contributed by atoms with Crippen LogP contribution in [0.25, 0.3) is 0 Å². The monoisotopic (exact) mass is 280 g/mol. The molecule has 100 valence electrons. The van der Waals surface area contributed by atoms with E-state index in [4.69, 9.17) is 16.3 Å². The van der Waals surface area contributed by atoms with Gasteiger partial charge in [-0.05, 0) is 44.2 Å². The van der Waals surface area contributed by atoms with Crippen molar-refractivity contribution >= 4 is 23.1 Å². The van der Waals surface area contributed by atoms with E-state index in [0.717, 1.165) is 11.4 Å². The summed E-state index contributed by atoms with van der Waals surface area (Å²) < 4.78 is 19.1. The van der Waals surface area contributed by atoms with Gasteiger partial charge in [0.05, 0.1) is 11.1 Å². The first kappa shape index (κ1) is 13.6. The highest BCUT2D eigenvalue weighted by Gasteiger charge is 2.05. The zero-order valence-corrected chi connectivity index (χ0v) is 11.4. The molecule has 0 bridgehead atoms. The molecule has 0 unspecified atom stereocenters. The number of anilines is 2. The van der Waals surface area contributed by atoms with Gasteiger partial charge in [-0.25, -0.2) is 9.37 Å². The van der Waals surface area contributed by atoms with Crippen LogP contribution in [-0.2, 0) is 0 Å². The van der Waals surface area contributed by atoms with Gasteiger partial charge >= 0.3 is 0 Å². The molecule has 5 heteroatoms. The third-order valence-corrected chi connectivity index (χ3v) is 2.50. The quantitative estimate of drug-likeness (QED) is 0.901. The van der Waals surface area contributed by atoms with Crippen LogP contribution in [0, 0.1) is 5.82 Å². The van der Waals surface area contributed by atoms with Crippen LogP contribution in [0.15, 0.2) is 36.5 Å². The summed E-state index contributed by atoms with van der Waals surface area (Å²) in [6.07, 6.45) is 1.51. The third-order valence-electron chi connectivity index (χ3n) is 2.30. The number of hydrogen-bond acceptors (Lipinski definition) is 3. The van der Waals surface area contributed by atoms with Crippen molar-refractivity contribution in [2.24, 2.45) is 0 Å². The van der Waals surface area contributed by atoms with Gasteiger partial charge in [0.15, 0.2) is 11.6 Å². The largest absolute Gasteiger partial charge is 0.491 e. The maximum absolute atomic E-state index is 13.6. The van der Waals surface area contributed by atoms with E-state index in [9.17, 15) is 4.39 Å². The fourth-order valence-electron chi connectivity index (χ4n) is 1.53. The molecule has 0 radical (unpaired) electrons. The molecule has 0 fully saturated rings. The van der Waals surface area contributed by atoms with E-state index in [2.05, 4.69) is 10.3 Å². The smallest absolute Gasteiger partial charge is 0.167 e. The molecule has 19 heavy (non-hydrogen) atoms. The van der Waals surface area contributed by atoms with E-state index in [1.807, 2.05) is 26.0 Å². The molecule has 0 aliphatic carbocycles. The van der Waals surface area contributed by atoms with Crippen LogP contribution in [0.2, 0.25) is 5.02 Å². The Labute approximate surface area is 116 Å². The van der Waals surface area contributed by atoms with Gasteiger partial charge in [-0.3, -0.25) is 0 Å². The molecule has 3 nitrogen and oxygen atoms in total. The first-order valence-corrected chi connectivity index (χ1v) is 6.27. The minimum atomic E-state index is -0.491. The molecule has 0 aliphatic rings. The number of nitrogens with zero attached hydrogens (tertiary/aromatic N) is 1. The van der Waals surface area contributed by atoms with E-state index in [0.29, 0.717) is 0 Å². The second-order valence-electron chi connectivity index (χ2n) is 4.30. The highest BCUT2D eigenvalue weighted by atomic mass is 35.5. The number of rotatable bonds is 4. The Kier molecular flexibility index (Phi) is 4.22. The van der Waals surface area contributed by atoms with Gasteiger partial charge in [-0.15, -0.1) is 0 Å². The maximum Gasteiger partial charge on any atom is 0.167 e. The molecule has 0 spiro atoms. The van der Waals surface area contributed by atoms with Gasteiger partial charge in [0.25, 0.3) is 0 Å². The Bertz CT molecular complexity index is 558. The molecular weight excluding hydrogens is 267 g/mol. The first-order chi connectivity index (χ1) is 9.04. The number of benzene rings is 1. The van der Waals surface area contributed by atoms with Crippen molar-refractivity contribution in [2.45, 2.75) is 20.0 Å². The zero-order valence-electron chi connectivity index (χ0n) is 10.7. The van der Waals surface area contributed by atoms with Crippen LogP contribution >= 0.6 is 11.6 Å². The summed E-state index contributed by atoms with van der Waals surface area (Å²) in [4.78, 5) is 3.89. The summed E-state index contributed by atoms with van der Waals surface area (Å²) in [6.45, 7) is 3.92. The molecule has 0 atom stereocenters. The minimum Gasteiger partial charge on any atom is -0.491 e. The second kappa shape index (κ2) is 5.89. The van der Waals surface area contributed by atoms with E-state index in [1.165, 1.54) is 12.3 Å². The molecule has 0 amide bonds. The number of aromatic nitrogens is 1. The average molecular weight is 281 g/mol. The van der Waals surface area contributed by atoms with Crippen molar-refractivity contribution in [3.8, 4) is 5.75 Å². The van der Waals surface area contributed by atoms with Gasteiger partial charge in [-0.1, -0.05) is 11.6 Å². The fraction of sp³-hybridized carbons (Fsp3) is 0.214. The SMILES string of the molecule is CC(C)Oc1ccc(Nc2ncc(Cl)cc2F)cc1. The fourth-order valence-corrected chi connectivity index (χ4v) is 1.68. The van der Waals surface area contributed by atoms with Crippen LogP contribution in [0.5, 0.6) is 5.75 Å². The Hall–Kier alpha value is -1.81. The zero-order chi connectivity index (χ0) is 13.8. The van der Waals surface area contributed by atoms with Crippen molar-refractivity contribution in [3.05, 3.63) is 47.4 Å². The second-order valence-corrected chi connectivity index (χ2v) is 4.74. The Morgan fingerprint density at radius 3 is 2.53 bits per heavy atom. The lowest BCUT2D eigenvalue weighted by Crippen LogP contribution is -2.05. The molecule has 0 saturated carbocycles. The summed E-state index contributed by atoms with van der Waals surface area (Å²) in [6, 6.07) is 8.44. The predicted octanol–water partition coefficient (Wildman–Crippen LogP) is 4.40. The van der Waals surface area contributed by atoms with Crippen molar-refractivity contribution in [1.29, 1.82) is 0 Å². The van der Waals surface area contributed by atoms with Gasteiger partial charge in [0.1, 0.15) is 5.75 Å². The van der Waals surface area contributed by atoms with Crippen LogP contribution in [0.4, 0.5) is 15.9 Å². The van der Waals surface area contributed by atoms with E-state index in [1.54, 1.807) is 12.1 Å². The highest BCUT2D eigenvalue weighted by Crippen LogP contribution is 2.22. The Morgan fingerprint density at radius 1 is 1.26 bits per heavy atom. The lowest BCUT2D eigenvalue weighted by Gasteiger charge is -2.11. The van der Waals surface area contributed by atoms with Crippen molar-refractivity contribution in [3.63, 3.8) is 0 Å². The van der Waals surface area contributed by atoms with Crippen LogP contribution in [0.1, 0.15) is 13.8 Å². The molecular formula is C14H14ClFN2O. The molecule has 0 aliphatic heterocycles. The Balaban J connectivity index is 2.10. The maximum atomic E-state index is 13.6. The standard InChI is InChI=1S/C14H14ClFN2O/c1-9(2)19-12-5-3-11(4-6-12)18-14-13(16)7-10(15)8-17-14/h3-9H,1-2H3,(H,17,18). The summed E-state index contributed by atoms with van der Waals surface area (Å²) in [7, 11) is 0. The lowest BCUT2D eigenvalue weighted by atomic mass is 10.3. The molecule has 0 saturated heterocycles. The predicted molar refractivity (Wildman–Crippen MR) is 74.7 cm³/mol. The number of ether oxygens (including phenoxy) is 1. The lowest BCUT2D eigenvalue weighted by molar-refractivity contribution is 0.242. The van der Waals surface area contributed by atoms with Crippen molar-refractivity contribution in [1.82, 2.24) is 4.98 Å². The summed E-state index contributed by atoms with van der Waals surface area (Å²) in [5, 5.41) is 3.15. The summed E-state index contributed by atoms with van der Waals surface area (Å²) in [5.41, 5.74) is 0.727. The topological polar surface area (TPSA) is 34.1 Å². The van der Waals surface area contributed by atoms with Gasteiger partial charge in [-0.2, -0.15) is 0 Å². The Morgan fingerprint density at radius 2 is 1.95 bits per heavy atom. The summed E-state index contributed by atoms with van der Waals surface area (Å²) in [5.74, 6) is 0.419. The summed E-state index contributed by atoms with van der Waals surface area (Å²) >= 11 is 5.64. The van der Waals surface area contributed by atoms with Crippen LogP contribution < -0.4 is 10.1 Å². The van der Waals surface area contributed by atoms with Crippen molar-refractivity contribution < 1.29 is 9.13 Å². The van der Waals surface area contributed by atoms with E-state index >= 15 is 0 Å². The van der Waals surface area contributed by atoms with E-state index < -0.39 is 5.82 Å². The average Bonchev–Trinajstić information content (AvgIpc) is 2.34. The van der Waals surface area contributed by atoms with Crippen LogP contribution in [-0.4, -0.2) is 11.1 Å². The highest BCUT2D eigenvalue weighted by molar-refractivity contribution is 6.30. The van der Waals surface area contributed by atoms with Crippen LogP contribution in [0.3, 0.4) is 0 Å². The molecule has 2 aromatic rings. The van der Waals surface area contributed by atoms with Gasteiger partial charge in [0.2, 0.25) is 0 Å². The third kappa shape index (κ3) is 3.83. The van der Waals surface area contributed by atoms with Crippen molar-refractivity contribution in [2.75, 3.05) is 5.32 Å². The van der Waals surface area contributed by atoms with E-state index in [-0.39, 0.29) is 16.9 Å². The molecule has 1 aromatic carbocycles. The number of pyridine rings is 1. The molecule has 1 N–H and O–H groups in total. The van der Waals surface area contributed by atoms with Gasteiger partial charge < -0.3 is 10.1 Å². The molecule has 1 heterocycles. The normalized spacial score (nSPS) is 10.6. The number of nitrogens with one attached hydrogen (secondary N) is 1. The first-order valence-electron chi connectivity index (χ1n) is 5.89. The minimum absolute atomic E-state index is 0.120.